The van der Waals surface area contributed by atoms with E-state index >= 15 is 0 Å². The molecule has 1 saturated heterocycles. The fraction of sp³-hybridized carbons (Fsp3) is 0.519. The number of piperidine rings is 1. The molecule has 1 aromatic carbocycles. The molecule has 1 aromatic heterocycles. The van der Waals surface area contributed by atoms with Gasteiger partial charge in [0.25, 0.3) is 0 Å². The van der Waals surface area contributed by atoms with E-state index in [0.717, 1.165) is 36.1 Å². The van der Waals surface area contributed by atoms with E-state index < -0.39 is 5.97 Å². The Kier molecular flexibility index (Phi) is 8.11. The van der Waals surface area contributed by atoms with Crippen LogP contribution in [0.2, 0.25) is 0 Å². The molecule has 2 aromatic rings. The molecule has 0 spiro atoms. The third-order valence-corrected chi connectivity index (χ3v) is 8.49. The first kappa shape index (κ1) is 25.2. The second-order valence-corrected chi connectivity index (χ2v) is 10.7. The van der Waals surface area contributed by atoms with E-state index in [9.17, 15) is 14.4 Å². The van der Waals surface area contributed by atoms with Crippen LogP contribution in [-0.4, -0.2) is 56.1 Å². The Labute approximate surface area is 211 Å². The molecule has 1 aliphatic heterocycles. The minimum Gasteiger partial charge on any atom is -0.465 e. The second kappa shape index (κ2) is 11.2. The fourth-order valence-electron chi connectivity index (χ4n) is 5.23. The standard InChI is InChI=1S/C27H35N3O4S/c1-18-9-11-20(12-10-18)25(31)30(21-13-15-29(16-14-21)27(33)28-2)22-17-23(19-7-5-4-6-8-19)35-24(22)26(32)34-3/h4-8,17-18,20-21H,9-16H2,1-3H3,(H,28,33). The predicted molar refractivity (Wildman–Crippen MR) is 139 cm³/mol. The van der Waals surface area contributed by atoms with Gasteiger partial charge in [0, 0.05) is 37.0 Å². The molecule has 3 amide bonds. The quantitative estimate of drug-likeness (QED) is 0.579. The normalized spacial score (nSPS) is 20.8. The lowest BCUT2D eigenvalue weighted by Gasteiger charge is -2.40. The fourth-order valence-corrected chi connectivity index (χ4v) is 6.30. The van der Waals surface area contributed by atoms with Gasteiger partial charge in [-0.3, -0.25) is 4.79 Å². The Morgan fingerprint density at radius 3 is 2.29 bits per heavy atom. The SMILES string of the molecule is CNC(=O)N1CCC(N(C(=O)C2CCC(C)CC2)c2cc(-c3ccccc3)sc2C(=O)OC)CC1. The number of methoxy groups -OCH3 is 1. The van der Waals surface area contributed by atoms with Crippen LogP contribution in [-0.2, 0) is 9.53 Å². The van der Waals surface area contributed by atoms with Gasteiger partial charge in [0.15, 0.2) is 0 Å². The second-order valence-electron chi connectivity index (χ2n) is 9.62. The molecule has 0 unspecified atom stereocenters. The maximum atomic E-state index is 14.1. The van der Waals surface area contributed by atoms with E-state index in [1.54, 1.807) is 11.9 Å². The van der Waals surface area contributed by atoms with Crippen LogP contribution in [0.4, 0.5) is 10.5 Å². The molecule has 2 aliphatic rings. The smallest absolute Gasteiger partial charge is 0.350 e. The van der Waals surface area contributed by atoms with Gasteiger partial charge in [0.1, 0.15) is 4.88 Å². The Hall–Kier alpha value is -2.87. The Morgan fingerprint density at radius 2 is 1.69 bits per heavy atom. The highest BCUT2D eigenvalue weighted by Crippen LogP contribution is 2.41. The zero-order valence-corrected chi connectivity index (χ0v) is 21.6. The van der Waals surface area contributed by atoms with Gasteiger partial charge >= 0.3 is 12.0 Å². The molecule has 2 fully saturated rings. The summed E-state index contributed by atoms with van der Waals surface area (Å²) in [5.41, 5.74) is 1.64. The summed E-state index contributed by atoms with van der Waals surface area (Å²) < 4.78 is 5.14. The highest BCUT2D eigenvalue weighted by Gasteiger charge is 2.38. The lowest BCUT2D eigenvalue weighted by Crippen LogP contribution is -2.52. The van der Waals surface area contributed by atoms with Crippen molar-refractivity contribution in [1.82, 2.24) is 10.2 Å². The zero-order chi connectivity index (χ0) is 24.9. The number of likely N-dealkylation sites (tertiary alicyclic amines) is 1. The van der Waals surface area contributed by atoms with Crippen molar-refractivity contribution in [3.05, 3.63) is 41.3 Å². The number of nitrogens with zero attached hydrogens (tertiary/aromatic N) is 2. The van der Waals surface area contributed by atoms with Gasteiger partial charge in [-0.25, -0.2) is 9.59 Å². The first-order chi connectivity index (χ1) is 16.9. The molecule has 4 rings (SSSR count). The average molecular weight is 498 g/mol. The maximum Gasteiger partial charge on any atom is 0.350 e. The van der Waals surface area contributed by atoms with E-state index in [4.69, 9.17) is 4.74 Å². The number of nitrogens with one attached hydrogen (secondary N) is 1. The monoisotopic (exact) mass is 497 g/mol. The number of carbonyl (C=O) groups excluding carboxylic acids is 3. The van der Waals surface area contributed by atoms with Gasteiger partial charge in [-0.2, -0.15) is 0 Å². The summed E-state index contributed by atoms with van der Waals surface area (Å²) in [6.45, 7) is 3.38. The van der Waals surface area contributed by atoms with Crippen molar-refractivity contribution >= 4 is 34.9 Å². The summed E-state index contributed by atoms with van der Waals surface area (Å²) >= 11 is 1.37. The minimum atomic E-state index is -0.426. The van der Waals surface area contributed by atoms with Crippen molar-refractivity contribution < 1.29 is 19.1 Å². The zero-order valence-electron chi connectivity index (χ0n) is 20.8. The van der Waals surface area contributed by atoms with E-state index in [2.05, 4.69) is 12.2 Å². The summed E-state index contributed by atoms with van der Waals surface area (Å²) in [5.74, 6) is 0.261. The molecule has 0 radical (unpaired) electrons. The Morgan fingerprint density at radius 1 is 1.03 bits per heavy atom. The summed E-state index contributed by atoms with van der Waals surface area (Å²) in [5, 5.41) is 2.69. The molecule has 1 N–H and O–H groups in total. The molecule has 1 saturated carbocycles. The first-order valence-corrected chi connectivity index (χ1v) is 13.3. The van der Waals surface area contributed by atoms with Gasteiger partial charge in [0.2, 0.25) is 5.91 Å². The molecule has 1 aliphatic carbocycles. The number of hydrogen-bond acceptors (Lipinski definition) is 5. The van der Waals surface area contributed by atoms with Gasteiger partial charge in [0.05, 0.1) is 12.8 Å². The van der Waals surface area contributed by atoms with Crippen molar-refractivity contribution in [2.75, 3.05) is 32.1 Å². The number of hydrogen-bond donors (Lipinski definition) is 1. The summed E-state index contributed by atoms with van der Waals surface area (Å²) in [6.07, 6.45) is 5.16. The molecule has 8 heteroatoms. The highest BCUT2D eigenvalue weighted by molar-refractivity contribution is 7.18. The minimum absolute atomic E-state index is 0.0475. The maximum absolute atomic E-state index is 14.1. The molecule has 188 valence electrons. The number of amides is 3. The number of thiophene rings is 1. The van der Waals surface area contributed by atoms with Crippen LogP contribution in [0.5, 0.6) is 0 Å². The Bertz CT molecular complexity index is 1040. The van der Waals surface area contributed by atoms with Crippen LogP contribution < -0.4 is 10.2 Å². The van der Waals surface area contributed by atoms with Crippen molar-refractivity contribution in [3.63, 3.8) is 0 Å². The van der Waals surface area contributed by atoms with Crippen molar-refractivity contribution in [2.45, 2.75) is 51.5 Å². The van der Waals surface area contributed by atoms with E-state index in [1.807, 2.05) is 41.3 Å². The van der Waals surface area contributed by atoms with E-state index in [-0.39, 0.29) is 23.9 Å². The highest BCUT2D eigenvalue weighted by atomic mass is 32.1. The van der Waals surface area contributed by atoms with Gasteiger partial charge < -0.3 is 19.9 Å². The summed E-state index contributed by atoms with van der Waals surface area (Å²) in [7, 11) is 3.01. The van der Waals surface area contributed by atoms with Crippen LogP contribution >= 0.6 is 11.3 Å². The lowest BCUT2D eigenvalue weighted by atomic mass is 9.82. The Balaban J connectivity index is 1.71. The molecular weight excluding hydrogens is 462 g/mol. The predicted octanol–water partition coefficient (Wildman–Crippen LogP) is 5.16. The number of urea groups is 1. The van der Waals surface area contributed by atoms with Crippen LogP contribution in [0, 0.1) is 11.8 Å². The van der Waals surface area contributed by atoms with Crippen LogP contribution in [0.25, 0.3) is 10.4 Å². The molecular formula is C27H35N3O4S. The van der Waals surface area contributed by atoms with Crippen LogP contribution in [0.3, 0.4) is 0 Å². The van der Waals surface area contributed by atoms with E-state index in [1.165, 1.54) is 18.4 Å². The van der Waals surface area contributed by atoms with Gasteiger partial charge in [-0.1, -0.05) is 37.3 Å². The summed E-state index contributed by atoms with van der Waals surface area (Å²) in [4.78, 5) is 44.1. The molecule has 0 bridgehead atoms. The third kappa shape index (κ3) is 5.53. The lowest BCUT2D eigenvalue weighted by molar-refractivity contribution is -0.124. The molecule has 2 heterocycles. The number of ether oxygens (including phenoxy) is 1. The van der Waals surface area contributed by atoms with E-state index in [0.29, 0.717) is 42.4 Å². The van der Waals surface area contributed by atoms with Crippen molar-refractivity contribution in [1.29, 1.82) is 0 Å². The van der Waals surface area contributed by atoms with Crippen LogP contribution in [0.1, 0.15) is 55.1 Å². The molecule has 7 nitrogen and oxygen atoms in total. The number of esters is 1. The summed E-state index contributed by atoms with van der Waals surface area (Å²) in [6, 6.07) is 11.7. The van der Waals surface area contributed by atoms with Crippen molar-refractivity contribution in [3.8, 4) is 10.4 Å². The average Bonchev–Trinajstić information content (AvgIpc) is 3.34. The topological polar surface area (TPSA) is 79.0 Å². The van der Waals surface area contributed by atoms with Crippen LogP contribution in [0.15, 0.2) is 36.4 Å². The van der Waals surface area contributed by atoms with Gasteiger partial charge in [-0.15, -0.1) is 11.3 Å². The number of carbonyl (C=O) groups is 3. The number of rotatable bonds is 5. The number of anilines is 1. The largest absolute Gasteiger partial charge is 0.465 e. The first-order valence-electron chi connectivity index (χ1n) is 12.5. The number of benzene rings is 1. The molecule has 35 heavy (non-hydrogen) atoms. The van der Waals surface area contributed by atoms with Crippen molar-refractivity contribution in [2.24, 2.45) is 11.8 Å². The van der Waals surface area contributed by atoms with Gasteiger partial charge in [-0.05, 0) is 56.1 Å². The third-order valence-electron chi connectivity index (χ3n) is 7.33. The molecule has 0 atom stereocenters.